The van der Waals surface area contributed by atoms with Gasteiger partial charge in [0, 0.05) is 12.6 Å². The van der Waals surface area contributed by atoms with Crippen molar-refractivity contribution in [3.05, 3.63) is 69.8 Å². The summed E-state index contributed by atoms with van der Waals surface area (Å²) >= 11 is 0. The highest BCUT2D eigenvalue weighted by Crippen LogP contribution is 2.23. The third-order valence-corrected chi connectivity index (χ3v) is 4.26. The molecule has 0 unspecified atom stereocenters. The highest BCUT2D eigenvalue weighted by atomic mass is 16.6. The van der Waals surface area contributed by atoms with E-state index in [-0.39, 0.29) is 17.3 Å². The quantitative estimate of drug-likeness (QED) is 0.616. The average Bonchev–Trinajstić information content (AvgIpc) is 2.61. The van der Waals surface area contributed by atoms with Crippen molar-refractivity contribution >= 4 is 17.3 Å². The largest absolute Gasteiger partial charge is 0.319 e. The number of carbonyl (C=O) groups is 1. The molecule has 1 amide bonds. The van der Waals surface area contributed by atoms with Crippen LogP contribution >= 0.6 is 0 Å². The summed E-state index contributed by atoms with van der Waals surface area (Å²) in [5, 5.41) is 13.7. The Morgan fingerprint density at radius 1 is 1.16 bits per heavy atom. The third kappa shape index (κ3) is 4.87. The molecule has 0 aliphatic rings. The molecule has 0 fully saturated rings. The van der Waals surface area contributed by atoms with Crippen LogP contribution in [0.4, 0.5) is 11.4 Å². The number of nitro groups is 1. The van der Waals surface area contributed by atoms with Crippen molar-refractivity contribution in [1.82, 2.24) is 4.90 Å². The lowest BCUT2D eigenvalue weighted by Crippen LogP contribution is -2.39. The standard InChI is InChI=1S/C19H23N3O3/c1-4-15-9-11-16(12-10-15)13-21(3)14(2)19(23)20-17-7-5-6-8-18(17)22(24)25/h5-12,14H,4,13H2,1-3H3,(H,20,23)/t14-/m0/s1. The molecule has 0 bridgehead atoms. The van der Waals surface area contributed by atoms with Gasteiger partial charge in [-0.1, -0.05) is 43.3 Å². The number of likely N-dealkylation sites (N-methyl/N-ethyl adjacent to an activating group) is 1. The van der Waals surface area contributed by atoms with Gasteiger partial charge < -0.3 is 5.32 Å². The van der Waals surface area contributed by atoms with Crippen LogP contribution < -0.4 is 5.32 Å². The van der Waals surface area contributed by atoms with E-state index in [1.807, 2.05) is 11.9 Å². The van der Waals surface area contributed by atoms with Gasteiger partial charge in [-0.3, -0.25) is 19.8 Å². The molecule has 132 valence electrons. The molecule has 2 aromatic rings. The molecule has 1 N–H and O–H groups in total. The summed E-state index contributed by atoms with van der Waals surface area (Å²) in [5.41, 5.74) is 2.49. The summed E-state index contributed by atoms with van der Waals surface area (Å²) in [4.78, 5) is 24.9. The van der Waals surface area contributed by atoms with Crippen LogP contribution in [0.2, 0.25) is 0 Å². The highest BCUT2D eigenvalue weighted by Gasteiger charge is 2.21. The number of nitro benzene ring substituents is 1. The fourth-order valence-electron chi connectivity index (χ4n) is 2.48. The molecule has 0 saturated heterocycles. The van der Waals surface area contributed by atoms with Crippen molar-refractivity contribution in [1.29, 1.82) is 0 Å². The van der Waals surface area contributed by atoms with E-state index >= 15 is 0 Å². The van der Waals surface area contributed by atoms with E-state index in [1.165, 1.54) is 17.7 Å². The Morgan fingerprint density at radius 2 is 1.76 bits per heavy atom. The molecule has 0 aromatic heterocycles. The molecular weight excluding hydrogens is 318 g/mol. The van der Waals surface area contributed by atoms with Crippen molar-refractivity contribution in [2.75, 3.05) is 12.4 Å². The van der Waals surface area contributed by atoms with Gasteiger partial charge in [-0.15, -0.1) is 0 Å². The van der Waals surface area contributed by atoms with Crippen LogP contribution in [0.1, 0.15) is 25.0 Å². The van der Waals surface area contributed by atoms with Crippen molar-refractivity contribution in [3.8, 4) is 0 Å². The number of nitrogens with one attached hydrogen (secondary N) is 1. The number of benzene rings is 2. The SMILES string of the molecule is CCc1ccc(CN(C)[C@@H](C)C(=O)Nc2ccccc2[N+](=O)[O-])cc1. The van der Waals surface area contributed by atoms with Crippen LogP contribution in [0.15, 0.2) is 48.5 Å². The molecule has 0 radical (unpaired) electrons. The highest BCUT2D eigenvalue weighted by molar-refractivity contribution is 5.96. The lowest BCUT2D eigenvalue weighted by molar-refractivity contribution is -0.383. The van der Waals surface area contributed by atoms with E-state index in [0.29, 0.717) is 6.54 Å². The van der Waals surface area contributed by atoms with Crippen molar-refractivity contribution < 1.29 is 9.72 Å². The Morgan fingerprint density at radius 3 is 2.36 bits per heavy atom. The first-order valence-electron chi connectivity index (χ1n) is 8.24. The Kier molecular flexibility index (Phi) is 6.25. The average molecular weight is 341 g/mol. The van der Waals surface area contributed by atoms with Crippen LogP contribution in [0, 0.1) is 10.1 Å². The second kappa shape index (κ2) is 8.39. The molecule has 2 rings (SSSR count). The lowest BCUT2D eigenvalue weighted by Gasteiger charge is -2.24. The Balaban J connectivity index is 2.02. The number of hydrogen-bond donors (Lipinski definition) is 1. The minimum Gasteiger partial charge on any atom is -0.319 e. The second-order valence-corrected chi connectivity index (χ2v) is 6.02. The monoisotopic (exact) mass is 341 g/mol. The van der Waals surface area contributed by atoms with Crippen LogP contribution in [-0.2, 0) is 17.8 Å². The number of rotatable bonds is 7. The van der Waals surface area contributed by atoms with Gasteiger partial charge in [0.25, 0.3) is 5.69 Å². The normalized spacial score (nSPS) is 12.0. The third-order valence-electron chi connectivity index (χ3n) is 4.26. The molecule has 6 nitrogen and oxygen atoms in total. The number of amides is 1. The van der Waals surface area contributed by atoms with Crippen LogP contribution in [0.25, 0.3) is 0 Å². The fourth-order valence-corrected chi connectivity index (χ4v) is 2.48. The van der Waals surface area contributed by atoms with Gasteiger partial charge in [0.05, 0.1) is 11.0 Å². The van der Waals surface area contributed by atoms with Crippen LogP contribution in [0.5, 0.6) is 0 Å². The molecule has 0 aliphatic carbocycles. The van der Waals surface area contributed by atoms with E-state index in [9.17, 15) is 14.9 Å². The first kappa shape index (κ1) is 18.6. The molecule has 0 spiro atoms. The van der Waals surface area contributed by atoms with Gasteiger partial charge in [0.15, 0.2) is 0 Å². The Labute approximate surface area is 147 Å². The second-order valence-electron chi connectivity index (χ2n) is 6.02. The van der Waals surface area contributed by atoms with Gasteiger partial charge in [-0.05, 0) is 37.6 Å². The molecule has 6 heteroatoms. The summed E-state index contributed by atoms with van der Waals surface area (Å²) in [6, 6.07) is 14.0. The van der Waals surface area contributed by atoms with Crippen LogP contribution in [0.3, 0.4) is 0 Å². The number of nitrogens with zero attached hydrogens (tertiary/aromatic N) is 2. The van der Waals surface area contributed by atoms with Crippen molar-refractivity contribution in [2.24, 2.45) is 0 Å². The predicted molar refractivity (Wildman–Crippen MR) is 98.5 cm³/mol. The maximum absolute atomic E-state index is 12.4. The van der Waals surface area contributed by atoms with Gasteiger partial charge >= 0.3 is 0 Å². The Bertz CT molecular complexity index is 744. The molecule has 2 aromatic carbocycles. The minimum atomic E-state index is -0.501. The molecule has 1 atom stereocenters. The van der Waals surface area contributed by atoms with Gasteiger partial charge in [-0.25, -0.2) is 0 Å². The summed E-state index contributed by atoms with van der Waals surface area (Å²) in [7, 11) is 1.86. The smallest absolute Gasteiger partial charge is 0.292 e. The molecular formula is C19H23N3O3. The molecule has 0 aliphatic heterocycles. The summed E-state index contributed by atoms with van der Waals surface area (Å²) in [5.74, 6) is -0.276. The number of para-hydroxylation sites is 2. The summed E-state index contributed by atoms with van der Waals surface area (Å²) < 4.78 is 0. The first-order valence-corrected chi connectivity index (χ1v) is 8.24. The zero-order chi connectivity index (χ0) is 18.4. The van der Waals surface area contributed by atoms with Crippen molar-refractivity contribution in [3.63, 3.8) is 0 Å². The number of aryl methyl sites for hydroxylation is 1. The van der Waals surface area contributed by atoms with E-state index < -0.39 is 11.0 Å². The predicted octanol–water partition coefficient (Wildman–Crippen LogP) is 3.62. The molecule has 0 saturated carbocycles. The van der Waals surface area contributed by atoms with Gasteiger partial charge in [-0.2, -0.15) is 0 Å². The van der Waals surface area contributed by atoms with E-state index in [0.717, 1.165) is 12.0 Å². The Hall–Kier alpha value is -2.73. The van der Waals surface area contributed by atoms with Crippen molar-refractivity contribution in [2.45, 2.75) is 32.9 Å². The summed E-state index contributed by atoms with van der Waals surface area (Å²) in [6.45, 7) is 4.51. The van der Waals surface area contributed by atoms with E-state index in [1.54, 1.807) is 19.1 Å². The number of anilines is 1. The molecule has 0 heterocycles. The zero-order valence-corrected chi connectivity index (χ0v) is 14.7. The van der Waals surface area contributed by atoms with E-state index in [2.05, 4.69) is 36.5 Å². The molecule has 25 heavy (non-hydrogen) atoms. The maximum atomic E-state index is 12.4. The maximum Gasteiger partial charge on any atom is 0.292 e. The van der Waals surface area contributed by atoms with Gasteiger partial charge in [0.1, 0.15) is 5.69 Å². The number of hydrogen-bond acceptors (Lipinski definition) is 4. The minimum absolute atomic E-state index is 0.110. The zero-order valence-electron chi connectivity index (χ0n) is 14.7. The number of carbonyl (C=O) groups excluding carboxylic acids is 1. The van der Waals surface area contributed by atoms with E-state index in [4.69, 9.17) is 0 Å². The topological polar surface area (TPSA) is 75.5 Å². The summed E-state index contributed by atoms with van der Waals surface area (Å²) in [6.07, 6.45) is 0.991. The van der Waals surface area contributed by atoms with Crippen LogP contribution in [-0.4, -0.2) is 28.8 Å². The fraction of sp³-hybridized carbons (Fsp3) is 0.316. The van der Waals surface area contributed by atoms with Gasteiger partial charge in [0.2, 0.25) is 5.91 Å². The first-order chi connectivity index (χ1) is 11.9. The lowest BCUT2D eigenvalue weighted by atomic mass is 10.1.